The van der Waals surface area contributed by atoms with Gasteiger partial charge in [0.1, 0.15) is 0 Å². The molecule has 0 unspecified atom stereocenters. The van der Waals surface area contributed by atoms with Crippen molar-refractivity contribution in [2.24, 2.45) is 0 Å². The lowest BCUT2D eigenvalue weighted by Gasteiger charge is -2.26. The average Bonchev–Trinajstić information content (AvgIpc) is 3.03. The highest BCUT2D eigenvalue weighted by atomic mass is 28.3. The molecule has 3 rings (SSSR count). The van der Waals surface area contributed by atoms with E-state index in [1.807, 2.05) is 6.07 Å². The molecule has 0 amide bonds. The summed E-state index contributed by atoms with van der Waals surface area (Å²) in [7, 11) is -1.42. The molecule has 0 radical (unpaired) electrons. The Morgan fingerprint density at radius 2 is 1.54 bits per heavy atom. The zero-order valence-electron chi connectivity index (χ0n) is 14.8. The minimum Gasteiger partial charge on any atom is -0.374 e. The van der Waals surface area contributed by atoms with E-state index in [0.717, 1.165) is 6.42 Å². The molecule has 0 saturated carbocycles. The summed E-state index contributed by atoms with van der Waals surface area (Å²) in [6, 6.07) is 22.5. The minimum absolute atomic E-state index is 0.263. The lowest BCUT2D eigenvalue weighted by Crippen LogP contribution is -2.44. The molecule has 1 aliphatic heterocycles. The van der Waals surface area contributed by atoms with Gasteiger partial charge >= 0.3 is 0 Å². The third-order valence-corrected chi connectivity index (χ3v) is 8.28. The Morgan fingerprint density at radius 3 is 2.25 bits per heavy atom. The van der Waals surface area contributed by atoms with Gasteiger partial charge in [-0.3, -0.25) is 0 Å². The first-order valence-corrected chi connectivity index (χ1v) is 12.2. The van der Waals surface area contributed by atoms with Crippen molar-refractivity contribution < 1.29 is 9.47 Å². The quantitative estimate of drug-likeness (QED) is 0.697. The van der Waals surface area contributed by atoms with Crippen molar-refractivity contribution in [2.75, 3.05) is 6.61 Å². The van der Waals surface area contributed by atoms with Crippen LogP contribution in [0.4, 0.5) is 0 Å². The Hall–Kier alpha value is -1.42. The van der Waals surface area contributed by atoms with E-state index in [1.54, 1.807) is 0 Å². The van der Waals surface area contributed by atoms with Gasteiger partial charge in [0.2, 0.25) is 0 Å². The van der Waals surface area contributed by atoms with Gasteiger partial charge in [-0.2, -0.15) is 0 Å². The maximum atomic E-state index is 6.27. The van der Waals surface area contributed by atoms with E-state index in [9.17, 15) is 0 Å². The molecule has 2 aromatic rings. The van der Waals surface area contributed by atoms with Crippen LogP contribution >= 0.6 is 0 Å². The highest BCUT2D eigenvalue weighted by Gasteiger charge is 2.33. The molecule has 0 bridgehead atoms. The van der Waals surface area contributed by atoms with E-state index in [4.69, 9.17) is 9.47 Å². The second-order valence-corrected chi connectivity index (χ2v) is 12.2. The topological polar surface area (TPSA) is 18.5 Å². The Bertz CT molecular complexity index is 612. The fraction of sp³-hybridized carbons (Fsp3) is 0.429. The number of rotatable bonds is 7. The van der Waals surface area contributed by atoms with Crippen LogP contribution in [0.5, 0.6) is 0 Å². The van der Waals surface area contributed by atoms with Gasteiger partial charge in [0, 0.05) is 0 Å². The van der Waals surface area contributed by atoms with Crippen LogP contribution in [-0.2, 0) is 16.1 Å². The van der Waals surface area contributed by atoms with Crippen molar-refractivity contribution in [3.63, 3.8) is 0 Å². The van der Waals surface area contributed by atoms with Crippen LogP contribution in [-0.4, -0.2) is 26.9 Å². The molecule has 1 fully saturated rings. The molecule has 1 saturated heterocycles. The number of benzene rings is 2. The minimum atomic E-state index is -1.42. The number of ether oxygens (including phenoxy) is 2. The first-order chi connectivity index (χ1) is 11.6. The van der Waals surface area contributed by atoms with Gasteiger partial charge in [-0.15, -0.1) is 0 Å². The number of hydrogen-bond donors (Lipinski definition) is 0. The van der Waals surface area contributed by atoms with Crippen LogP contribution in [0.3, 0.4) is 0 Å². The van der Waals surface area contributed by atoms with Gasteiger partial charge < -0.3 is 9.47 Å². The molecule has 0 spiro atoms. The monoisotopic (exact) mass is 340 g/mol. The van der Waals surface area contributed by atoms with Crippen LogP contribution in [0.2, 0.25) is 19.1 Å². The summed E-state index contributed by atoms with van der Waals surface area (Å²) in [5.74, 6) is 0. The Kier molecular flexibility index (Phi) is 5.88. The van der Waals surface area contributed by atoms with Crippen molar-refractivity contribution >= 4 is 13.3 Å². The number of hydrogen-bond acceptors (Lipinski definition) is 2. The van der Waals surface area contributed by atoms with Crippen molar-refractivity contribution in [2.45, 2.75) is 50.8 Å². The zero-order chi connectivity index (χ0) is 16.8. The van der Waals surface area contributed by atoms with Crippen LogP contribution in [0.25, 0.3) is 0 Å². The molecule has 1 heterocycles. The molecule has 0 aromatic heterocycles. The van der Waals surface area contributed by atoms with Crippen LogP contribution < -0.4 is 5.19 Å². The summed E-state index contributed by atoms with van der Waals surface area (Å²) >= 11 is 0. The lowest BCUT2D eigenvalue weighted by molar-refractivity contribution is -0.0144. The molecule has 1 aliphatic rings. The van der Waals surface area contributed by atoms with Gasteiger partial charge in [-0.05, 0) is 24.4 Å². The summed E-state index contributed by atoms with van der Waals surface area (Å²) in [5.41, 5.74) is 1.23. The third kappa shape index (κ3) is 4.79. The third-order valence-electron chi connectivity index (χ3n) is 4.90. The Morgan fingerprint density at radius 1 is 0.917 bits per heavy atom. The lowest BCUT2D eigenvalue weighted by atomic mass is 10.2. The van der Waals surface area contributed by atoms with E-state index >= 15 is 0 Å². The summed E-state index contributed by atoms with van der Waals surface area (Å²) in [6.45, 7) is 6.28. The van der Waals surface area contributed by atoms with Gasteiger partial charge in [0.15, 0.2) is 0 Å². The normalized spacial score (nSPS) is 21.1. The summed E-state index contributed by atoms with van der Waals surface area (Å²) in [4.78, 5) is 0. The van der Waals surface area contributed by atoms with Crippen molar-refractivity contribution in [3.8, 4) is 0 Å². The molecule has 3 heteroatoms. The molecule has 24 heavy (non-hydrogen) atoms. The van der Waals surface area contributed by atoms with Gasteiger partial charge in [-0.1, -0.05) is 78.9 Å². The Labute approximate surface area is 146 Å². The summed E-state index contributed by atoms with van der Waals surface area (Å²) in [5, 5.41) is 1.53. The standard InChI is InChI=1S/C21H28O2Si/c1-24(2,21-11-7-4-8-12-21)17-20-14-13-19(23-20)16-22-15-18-9-5-3-6-10-18/h3-12,19-20H,13-17H2,1-2H3/t19-,20-/m1/s1. The smallest absolute Gasteiger partial charge is 0.0831 e. The SMILES string of the molecule is C[Si](C)(C[C@H]1CC[C@H](COCc2ccccc2)O1)c1ccccc1. The molecule has 2 aromatic carbocycles. The fourth-order valence-corrected chi connectivity index (χ4v) is 6.28. The highest BCUT2D eigenvalue weighted by molar-refractivity contribution is 6.89. The fourth-order valence-electron chi connectivity index (χ4n) is 3.51. The molecule has 2 atom stereocenters. The largest absolute Gasteiger partial charge is 0.374 e. The van der Waals surface area contributed by atoms with E-state index in [-0.39, 0.29) is 6.10 Å². The zero-order valence-corrected chi connectivity index (χ0v) is 15.8. The van der Waals surface area contributed by atoms with Crippen LogP contribution in [0, 0.1) is 0 Å². The van der Waals surface area contributed by atoms with E-state index < -0.39 is 8.07 Å². The van der Waals surface area contributed by atoms with Crippen molar-refractivity contribution in [3.05, 3.63) is 66.2 Å². The first kappa shape index (κ1) is 17.4. The maximum Gasteiger partial charge on any atom is 0.0831 e. The molecule has 128 valence electrons. The average molecular weight is 341 g/mol. The Balaban J connectivity index is 1.44. The molecule has 0 aliphatic carbocycles. The van der Waals surface area contributed by atoms with Crippen molar-refractivity contribution in [1.82, 2.24) is 0 Å². The van der Waals surface area contributed by atoms with Crippen LogP contribution in [0.1, 0.15) is 18.4 Å². The first-order valence-electron chi connectivity index (χ1n) is 8.96. The predicted molar refractivity (Wildman–Crippen MR) is 102 cm³/mol. The molecule has 0 N–H and O–H groups in total. The predicted octanol–water partition coefficient (Wildman–Crippen LogP) is 4.37. The van der Waals surface area contributed by atoms with Gasteiger partial charge in [-0.25, -0.2) is 0 Å². The molecule has 2 nitrogen and oxygen atoms in total. The van der Waals surface area contributed by atoms with E-state index in [2.05, 4.69) is 67.7 Å². The molecular weight excluding hydrogens is 312 g/mol. The van der Waals surface area contributed by atoms with Gasteiger partial charge in [0.05, 0.1) is 33.5 Å². The second-order valence-electron chi connectivity index (χ2n) is 7.41. The molecular formula is C21H28O2Si. The summed E-state index contributed by atoms with van der Waals surface area (Å²) < 4.78 is 12.1. The summed E-state index contributed by atoms with van der Waals surface area (Å²) in [6.07, 6.45) is 2.96. The van der Waals surface area contributed by atoms with Crippen LogP contribution in [0.15, 0.2) is 60.7 Å². The van der Waals surface area contributed by atoms with E-state index in [0.29, 0.717) is 19.3 Å². The van der Waals surface area contributed by atoms with Gasteiger partial charge in [0.25, 0.3) is 0 Å². The highest BCUT2D eigenvalue weighted by Crippen LogP contribution is 2.27. The van der Waals surface area contributed by atoms with E-state index in [1.165, 1.54) is 23.2 Å². The van der Waals surface area contributed by atoms with Crippen molar-refractivity contribution in [1.29, 1.82) is 0 Å². The second kappa shape index (κ2) is 8.10. The maximum absolute atomic E-state index is 6.27.